The third kappa shape index (κ3) is 4.25. The van der Waals surface area contributed by atoms with Gasteiger partial charge in [0.1, 0.15) is 5.82 Å². The molecule has 9 heteroatoms. The molecule has 0 atom stereocenters. The summed E-state index contributed by atoms with van der Waals surface area (Å²) >= 11 is 4.76. The lowest BCUT2D eigenvalue weighted by molar-refractivity contribution is 0.391. The fourth-order valence-electron chi connectivity index (χ4n) is 2.89. The van der Waals surface area contributed by atoms with Crippen LogP contribution in [0.15, 0.2) is 61.4 Å². The summed E-state index contributed by atoms with van der Waals surface area (Å²) in [6.45, 7) is 2.46. The highest BCUT2D eigenvalue weighted by Gasteiger charge is 2.15. The predicted octanol–water partition coefficient (Wildman–Crippen LogP) is 5.05. The van der Waals surface area contributed by atoms with Crippen molar-refractivity contribution in [3.8, 4) is 11.4 Å². The summed E-state index contributed by atoms with van der Waals surface area (Å²) in [5.74, 6) is 0.839. The molecule has 2 heterocycles. The van der Waals surface area contributed by atoms with Gasteiger partial charge in [0, 0.05) is 16.6 Å². The Morgan fingerprint density at radius 2 is 2.07 bits per heavy atom. The summed E-state index contributed by atoms with van der Waals surface area (Å²) in [6.07, 6.45) is 0.754. The van der Waals surface area contributed by atoms with Crippen molar-refractivity contribution in [2.75, 3.05) is 0 Å². The normalized spacial score (nSPS) is 11.3. The lowest BCUT2D eigenvalue weighted by Gasteiger charge is -2.11. The van der Waals surface area contributed by atoms with Crippen molar-refractivity contribution >= 4 is 38.6 Å². The van der Waals surface area contributed by atoms with Gasteiger partial charge >= 0.3 is 0 Å². The molecule has 4 rings (SSSR count). The first kappa shape index (κ1) is 19.8. The van der Waals surface area contributed by atoms with Gasteiger partial charge in [0.25, 0.3) is 5.56 Å². The number of nitrogens with zero attached hydrogens (tertiary/aromatic N) is 4. The number of hydrogen-bond donors (Lipinski definition) is 0. The van der Waals surface area contributed by atoms with E-state index in [0.29, 0.717) is 34.7 Å². The number of thioether (sulfide) groups is 1. The smallest absolute Gasteiger partial charge is 0.262 e. The Kier molecular flexibility index (Phi) is 5.77. The highest BCUT2D eigenvalue weighted by atomic mass is 79.9. The first-order chi connectivity index (χ1) is 14.0. The third-order valence-electron chi connectivity index (χ3n) is 4.20. The molecule has 0 fully saturated rings. The molecule has 29 heavy (non-hydrogen) atoms. The number of benzene rings is 2. The molecule has 0 N–H and O–H groups in total. The van der Waals surface area contributed by atoms with E-state index in [0.717, 1.165) is 16.5 Å². The second-order valence-electron chi connectivity index (χ2n) is 6.32. The van der Waals surface area contributed by atoms with Gasteiger partial charge in [-0.05, 0) is 36.8 Å². The van der Waals surface area contributed by atoms with Gasteiger partial charge < -0.3 is 4.52 Å². The number of hydrogen-bond acceptors (Lipinski definition) is 6. The quantitative estimate of drug-likeness (QED) is 0.287. The molecule has 0 aliphatic carbocycles. The van der Waals surface area contributed by atoms with Crippen LogP contribution < -0.4 is 5.56 Å². The van der Waals surface area contributed by atoms with Crippen LogP contribution in [0.5, 0.6) is 0 Å². The van der Waals surface area contributed by atoms with Crippen molar-refractivity contribution in [1.29, 1.82) is 0 Å². The fourth-order valence-corrected chi connectivity index (χ4v) is 4.15. The summed E-state index contributed by atoms with van der Waals surface area (Å²) in [5.41, 5.74) is 1.05. The molecule has 148 valence electrons. The van der Waals surface area contributed by atoms with Gasteiger partial charge in [0.2, 0.25) is 11.7 Å². The molecule has 2 aromatic heterocycles. The predicted molar refractivity (Wildman–Crippen MR) is 113 cm³/mol. The zero-order valence-corrected chi connectivity index (χ0v) is 17.8. The first-order valence-electron chi connectivity index (χ1n) is 8.96. The lowest BCUT2D eigenvalue weighted by atomic mass is 10.2. The minimum absolute atomic E-state index is 0.251. The Labute approximate surface area is 178 Å². The second kappa shape index (κ2) is 8.46. The number of halogens is 2. The maximum absolute atomic E-state index is 13.6. The van der Waals surface area contributed by atoms with Gasteiger partial charge in [-0.1, -0.05) is 51.9 Å². The molecule has 0 aliphatic rings. The monoisotopic (exact) mass is 474 g/mol. The molecule has 0 saturated carbocycles. The van der Waals surface area contributed by atoms with Crippen molar-refractivity contribution in [3.05, 3.63) is 69.0 Å². The fraction of sp³-hybridized carbons (Fsp3) is 0.200. The largest absolute Gasteiger partial charge is 0.338 e. The molecule has 0 spiro atoms. The lowest BCUT2D eigenvalue weighted by Crippen LogP contribution is -2.23. The maximum atomic E-state index is 13.6. The van der Waals surface area contributed by atoms with E-state index in [1.807, 2.05) is 31.2 Å². The molecule has 0 radical (unpaired) electrons. The van der Waals surface area contributed by atoms with E-state index in [1.165, 1.54) is 30.0 Å². The Morgan fingerprint density at radius 1 is 1.21 bits per heavy atom. The van der Waals surface area contributed by atoms with E-state index in [1.54, 1.807) is 4.57 Å². The van der Waals surface area contributed by atoms with E-state index >= 15 is 0 Å². The molecular weight excluding hydrogens is 459 g/mol. The van der Waals surface area contributed by atoms with Crippen molar-refractivity contribution in [2.45, 2.75) is 30.8 Å². The van der Waals surface area contributed by atoms with Gasteiger partial charge in [-0.2, -0.15) is 4.98 Å². The number of aromatic nitrogens is 4. The zero-order chi connectivity index (χ0) is 20.4. The molecular formula is C20H16BrFN4O2S. The molecule has 6 nitrogen and oxygen atoms in total. The van der Waals surface area contributed by atoms with E-state index in [9.17, 15) is 9.18 Å². The summed E-state index contributed by atoms with van der Waals surface area (Å²) in [5, 5.41) is 4.84. The average molecular weight is 475 g/mol. The standard InChI is InChI=1S/C20H16BrFN4O2S/c1-2-8-26-19(27)15-10-14(22)6-7-16(15)23-20(26)29-11-17-24-18(25-28-17)12-4-3-5-13(21)9-12/h3-7,9-10H,2,8,11H2,1H3. The van der Waals surface area contributed by atoms with E-state index in [2.05, 4.69) is 31.1 Å². The molecule has 0 unspecified atom stereocenters. The molecule has 2 aromatic carbocycles. The van der Waals surface area contributed by atoms with Crippen molar-refractivity contribution in [2.24, 2.45) is 0 Å². The van der Waals surface area contributed by atoms with Crippen LogP contribution in [-0.2, 0) is 12.3 Å². The molecule has 0 aliphatic heterocycles. The Morgan fingerprint density at radius 3 is 2.86 bits per heavy atom. The average Bonchev–Trinajstić information content (AvgIpc) is 3.18. The van der Waals surface area contributed by atoms with E-state index < -0.39 is 5.82 Å². The first-order valence-corrected chi connectivity index (χ1v) is 10.7. The van der Waals surface area contributed by atoms with Crippen molar-refractivity contribution in [3.63, 3.8) is 0 Å². The Bertz CT molecular complexity index is 1240. The minimum atomic E-state index is -0.453. The van der Waals surface area contributed by atoms with Gasteiger partial charge in [0.05, 0.1) is 16.7 Å². The molecule has 0 bridgehead atoms. The highest BCUT2D eigenvalue weighted by Crippen LogP contribution is 2.25. The van der Waals surface area contributed by atoms with Crippen molar-refractivity contribution in [1.82, 2.24) is 19.7 Å². The summed E-state index contributed by atoms with van der Waals surface area (Å²) < 4.78 is 21.4. The second-order valence-corrected chi connectivity index (χ2v) is 8.18. The van der Waals surface area contributed by atoms with Crippen LogP contribution in [-0.4, -0.2) is 19.7 Å². The van der Waals surface area contributed by atoms with Crippen molar-refractivity contribution < 1.29 is 8.91 Å². The summed E-state index contributed by atoms with van der Waals surface area (Å²) in [6, 6.07) is 11.7. The van der Waals surface area contributed by atoms with Gasteiger partial charge in [-0.15, -0.1) is 0 Å². The zero-order valence-electron chi connectivity index (χ0n) is 15.4. The minimum Gasteiger partial charge on any atom is -0.338 e. The van der Waals surface area contributed by atoms with Crippen LogP contribution in [0.25, 0.3) is 22.3 Å². The summed E-state index contributed by atoms with van der Waals surface area (Å²) in [7, 11) is 0. The Balaban J connectivity index is 1.62. The van der Waals surface area contributed by atoms with Crippen LogP contribution in [0.3, 0.4) is 0 Å². The highest BCUT2D eigenvalue weighted by molar-refractivity contribution is 9.10. The molecule has 0 amide bonds. The Hall–Kier alpha value is -2.52. The SMILES string of the molecule is CCCn1c(SCc2nc(-c3cccc(Br)c3)no2)nc2ccc(F)cc2c1=O. The van der Waals surface area contributed by atoms with Crippen LogP contribution in [0.1, 0.15) is 19.2 Å². The van der Waals surface area contributed by atoms with E-state index in [-0.39, 0.29) is 10.9 Å². The maximum Gasteiger partial charge on any atom is 0.262 e. The van der Waals surface area contributed by atoms with Gasteiger partial charge in [-0.3, -0.25) is 9.36 Å². The van der Waals surface area contributed by atoms with Crippen LogP contribution in [0.4, 0.5) is 4.39 Å². The van der Waals surface area contributed by atoms with Crippen LogP contribution in [0.2, 0.25) is 0 Å². The molecule has 0 saturated heterocycles. The number of fused-ring (bicyclic) bond motifs is 1. The summed E-state index contributed by atoms with van der Waals surface area (Å²) in [4.78, 5) is 21.8. The van der Waals surface area contributed by atoms with E-state index in [4.69, 9.17) is 4.52 Å². The van der Waals surface area contributed by atoms with Gasteiger partial charge in [-0.25, -0.2) is 9.37 Å². The van der Waals surface area contributed by atoms with Gasteiger partial charge in [0.15, 0.2) is 5.16 Å². The van der Waals surface area contributed by atoms with Crippen LogP contribution in [0, 0.1) is 5.82 Å². The number of rotatable bonds is 6. The molecule has 4 aromatic rings. The van der Waals surface area contributed by atoms with Crippen LogP contribution >= 0.6 is 27.7 Å². The topological polar surface area (TPSA) is 73.8 Å². The third-order valence-corrected chi connectivity index (χ3v) is 5.66.